The molecular formula is C16H29N5O. The first-order valence-electron chi connectivity index (χ1n) is 8.49. The summed E-state index contributed by atoms with van der Waals surface area (Å²) in [5.74, 6) is 2.38. The van der Waals surface area contributed by atoms with E-state index >= 15 is 0 Å². The third-order valence-electron chi connectivity index (χ3n) is 4.96. The lowest BCUT2D eigenvalue weighted by molar-refractivity contribution is -0.0242. The fourth-order valence-corrected chi connectivity index (χ4v) is 3.77. The lowest BCUT2D eigenvalue weighted by Gasteiger charge is -2.45. The number of aromatic amines is 1. The molecule has 2 saturated heterocycles. The van der Waals surface area contributed by atoms with Crippen molar-refractivity contribution in [1.29, 1.82) is 0 Å². The average Bonchev–Trinajstić information content (AvgIpc) is 2.95. The van der Waals surface area contributed by atoms with E-state index in [9.17, 15) is 0 Å². The molecular weight excluding hydrogens is 278 g/mol. The van der Waals surface area contributed by atoms with Crippen molar-refractivity contribution in [1.82, 2.24) is 25.0 Å². The summed E-state index contributed by atoms with van der Waals surface area (Å²) in [5.41, 5.74) is 0.195. The van der Waals surface area contributed by atoms with Gasteiger partial charge in [-0.15, -0.1) is 0 Å². The first kappa shape index (κ1) is 15.9. The highest BCUT2D eigenvalue weighted by molar-refractivity contribution is 5.00. The number of aryl methyl sites for hydroxylation is 1. The summed E-state index contributed by atoms with van der Waals surface area (Å²) < 4.78 is 5.49. The first-order chi connectivity index (χ1) is 10.5. The van der Waals surface area contributed by atoms with Crippen LogP contribution in [0.1, 0.15) is 44.3 Å². The number of likely N-dealkylation sites (tertiary alicyclic amines) is 1. The van der Waals surface area contributed by atoms with E-state index in [1.165, 1.54) is 19.4 Å². The van der Waals surface area contributed by atoms with Crippen LogP contribution in [0.2, 0.25) is 0 Å². The number of nitrogens with zero attached hydrogens (tertiary/aromatic N) is 4. The predicted octanol–water partition coefficient (Wildman–Crippen LogP) is 1.40. The number of piperidine rings is 1. The van der Waals surface area contributed by atoms with Gasteiger partial charge < -0.3 is 9.64 Å². The summed E-state index contributed by atoms with van der Waals surface area (Å²) >= 11 is 0. The molecule has 6 heteroatoms. The normalized spacial score (nSPS) is 25.5. The zero-order valence-electron chi connectivity index (χ0n) is 14.1. The number of rotatable bonds is 4. The summed E-state index contributed by atoms with van der Waals surface area (Å²) in [6.07, 6.45) is 2.43. The highest BCUT2D eigenvalue weighted by atomic mass is 16.5. The molecule has 124 valence electrons. The summed E-state index contributed by atoms with van der Waals surface area (Å²) in [4.78, 5) is 9.69. The SMILES string of the molecule is Cc1nc([C@@H]2CCCN(CC(C)(C)N3CCOCC3)C2)n[nH]1. The number of ether oxygens (including phenoxy) is 1. The van der Waals surface area contributed by atoms with Crippen molar-refractivity contribution in [3.05, 3.63) is 11.6 Å². The van der Waals surface area contributed by atoms with Gasteiger partial charge in [-0.1, -0.05) is 0 Å². The number of morpholine rings is 1. The number of hydrogen-bond acceptors (Lipinski definition) is 5. The van der Waals surface area contributed by atoms with Crippen LogP contribution in [0.15, 0.2) is 0 Å². The van der Waals surface area contributed by atoms with E-state index in [1.54, 1.807) is 0 Å². The molecule has 2 aliphatic rings. The Labute approximate surface area is 133 Å². The smallest absolute Gasteiger partial charge is 0.155 e. The summed E-state index contributed by atoms with van der Waals surface area (Å²) in [6.45, 7) is 13.9. The molecule has 0 amide bonds. The Morgan fingerprint density at radius 2 is 2.05 bits per heavy atom. The Bertz CT molecular complexity index is 481. The van der Waals surface area contributed by atoms with Crippen molar-refractivity contribution in [2.24, 2.45) is 0 Å². The van der Waals surface area contributed by atoms with Gasteiger partial charge in [0.05, 0.1) is 13.2 Å². The fraction of sp³-hybridized carbons (Fsp3) is 0.875. The third-order valence-corrected chi connectivity index (χ3v) is 4.96. The number of aromatic nitrogens is 3. The van der Waals surface area contributed by atoms with E-state index in [-0.39, 0.29) is 5.54 Å². The molecule has 3 heterocycles. The second kappa shape index (κ2) is 6.64. The van der Waals surface area contributed by atoms with Crippen molar-refractivity contribution in [3.63, 3.8) is 0 Å². The number of nitrogens with one attached hydrogen (secondary N) is 1. The van der Waals surface area contributed by atoms with Crippen LogP contribution in [0.25, 0.3) is 0 Å². The predicted molar refractivity (Wildman–Crippen MR) is 86.0 cm³/mol. The minimum atomic E-state index is 0.195. The van der Waals surface area contributed by atoms with Gasteiger partial charge >= 0.3 is 0 Å². The van der Waals surface area contributed by atoms with Gasteiger partial charge in [0.15, 0.2) is 5.82 Å². The highest BCUT2D eigenvalue weighted by Crippen LogP contribution is 2.27. The number of hydrogen-bond donors (Lipinski definition) is 1. The number of H-pyrrole nitrogens is 1. The molecule has 1 atom stereocenters. The Balaban J connectivity index is 1.59. The molecule has 1 aromatic rings. The van der Waals surface area contributed by atoms with Gasteiger partial charge in [-0.2, -0.15) is 5.10 Å². The maximum Gasteiger partial charge on any atom is 0.155 e. The topological polar surface area (TPSA) is 57.3 Å². The molecule has 2 fully saturated rings. The quantitative estimate of drug-likeness (QED) is 0.911. The zero-order chi connectivity index (χ0) is 15.6. The van der Waals surface area contributed by atoms with E-state index in [0.29, 0.717) is 5.92 Å². The minimum Gasteiger partial charge on any atom is -0.379 e. The van der Waals surface area contributed by atoms with Gasteiger partial charge in [-0.05, 0) is 40.2 Å². The second-order valence-electron chi connectivity index (χ2n) is 7.27. The minimum absolute atomic E-state index is 0.195. The van der Waals surface area contributed by atoms with E-state index in [4.69, 9.17) is 4.74 Å². The van der Waals surface area contributed by atoms with Gasteiger partial charge in [-0.3, -0.25) is 10.00 Å². The van der Waals surface area contributed by atoms with Crippen LogP contribution in [0.5, 0.6) is 0 Å². The lowest BCUT2D eigenvalue weighted by atomic mass is 9.94. The molecule has 0 radical (unpaired) electrons. The molecule has 1 aromatic heterocycles. The molecule has 0 aliphatic carbocycles. The van der Waals surface area contributed by atoms with Gasteiger partial charge in [0.2, 0.25) is 0 Å². The highest BCUT2D eigenvalue weighted by Gasteiger charge is 2.33. The van der Waals surface area contributed by atoms with E-state index in [0.717, 1.165) is 51.0 Å². The van der Waals surface area contributed by atoms with Crippen molar-refractivity contribution in [2.75, 3.05) is 45.9 Å². The van der Waals surface area contributed by atoms with Crippen molar-refractivity contribution in [2.45, 2.75) is 45.1 Å². The van der Waals surface area contributed by atoms with Crippen LogP contribution in [0, 0.1) is 6.92 Å². The Morgan fingerprint density at radius 1 is 1.27 bits per heavy atom. The first-order valence-corrected chi connectivity index (χ1v) is 8.49. The molecule has 0 spiro atoms. The molecule has 22 heavy (non-hydrogen) atoms. The molecule has 0 saturated carbocycles. The molecule has 0 unspecified atom stereocenters. The van der Waals surface area contributed by atoms with E-state index in [1.807, 2.05) is 6.92 Å². The van der Waals surface area contributed by atoms with Crippen LogP contribution < -0.4 is 0 Å². The largest absolute Gasteiger partial charge is 0.379 e. The second-order valence-corrected chi connectivity index (χ2v) is 7.27. The van der Waals surface area contributed by atoms with E-state index < -0.39 is 0 Å². The monoisotopic (exact) mass is 307 g/mol. The average molecular weight is 307 g/mol. The summed E-state index contributed by atoms with van der Waals surface area (Å²) in [5, 5.41) is 7.35. The standard InChI is InChI=1S/C16H29N5O/c1-13-17-15(19-18-13)14-5-4-6-20(11-14)12-16(2,3)21-7-9-22-10-8-21/h14H,4-12H2,1-3H3,(H,17,18,19)/t14-/m1/s1. The summed E-state index contributed by atoms with van der Waals surface area (Å²) in [7, 11) is 0. The Hall–Kier alpha value is -0.980. The van der Waals surface area contributed by atoms with Crippen molar-refractivity contribution < 1.29 is 4.74 Å². The van der Waals surface area contributed by atoms with Gasteiger partial charge in [0, 0.05) is 37.6 Å². The van der Waals surface area contributed by atoms with Gasteiger partial charge in [0.25, 0.3) is 0 Å². The zero-order valence-corrected chi connectivity index (χ0v) is 14.1. The fourth-order valence-electron chi connectivity index (χ4n) is 3.77. The van der Waals surface area contributed by atoms with Crippen LogP contribution >= 0.6 is 0 Å². The van der Waals surface area contributed by atoms with Crippen LogP contribution in [-0.4, -0.2) is 76.5 Å². The van der Waals surface area contributed by atoms with Gasteiger partial charge in [0.1, 0.15) is 5.82 Å². The van der Waals surface area contributed by atoms with Crippen LogP contribution in [0.4, 0.5) is 0 Å². The van der Waals surface area contributed by atoms with Crippen LogP contribution in [0.3, 0.4) is 0 Å². The van der Waals surface area contributed by atoms with Crippen LogP contribution in [-0.2, 0) is 4.74 Å². The van der Waals surface area contributed by atoms with E-state index in [2.05, 4.69) is 38.8 Å². The molecule has 0 bridgehead atoms. The Kier molecular flexibility index (Phi) is 4.80. The van der Waals surface area contributed by atoms with Gasteiger partial charge in [-0.25, -0.2) is 4.98 Å². The molecule has 0 aromatic carbocycles. The lowest BCUT2D eigenvalue weighted by Crippen LogP contribution is -2.56. The van der Waals surface area contributed by atoms with Crippen molar-refractivity contribution >= 4 is 0 Å². The molecule has 2 aliphatic heterocycles. The molecule has 1 N–H and O–H groups in total. The molecule has 6 nitrogen and oxygen atoms in total. The summed E-state index contributed by atoms with van der Waals surface area (Å²) in [6, 6.07) is 0. The van der Waals surface area contributed by atoms with Crippen molar-refractivity contribution in [3.8, 4) is 0 Å². The Morgan fingerprint density at radius 3 is 2.73 bits per heavy atom. The third kappa shape index (κ3) is 3.67. The maximum absolute atomic E-state index is 5.49. The maximum atomic E-state index is 5.49. The molecule has 3 rings (SSSR count).